The van der Waals surface area contributed by atoms with Gasteiger partial charge in [-0.3, -0.25) is 0 Å². The van der Waals surface area contributed by atoms with Crippen LogP contribution in [-0.2, 0) is 0 Å². The van der Waals surface area contributed by atoms with Gasteiger partial charge in [-0.25, -0.2) is 4.79 Å². The fraction of sp³-hybridized carbons (Fsp3) is 0. The summed E-state index contributed by atoms with van der Waals surface area (Å²) in [5, 5.41) is 0.867. The third-order valence-electron chi connectivity index (χ3n) is 2.96. The van der Waals surface area contributed by atoms with Crippen molar-refractivity contribution in [3.8, 4) is 11.1 Å². The number of thiol groups is 2. The minimum atomic E-state index is -0.360. The predicted octanol–water partition coefficient (Wildman–Crippen LogP) is 4.64. The predicted molar refractivity (Wildman–Crippen MR) is 95.1 cm³/mol. The van der Waals surface area contributed by atoms with Crippen molar-refractivity contribution >= 4 is 58.8 Å². The van der Waals surface area contributed by atoms with Crippen LogP contribution in [0.25, 0.3) is 22.1 Å². The van der Waals surface area contributed by atoms with Gasteiger partial charge >= 0.3 is 5.63 Å². The van der Waals surface area contributed by atoms with Crippen LogP contribution in [0.4, 0.5) is 0 Å². The molecular weight excluding hydrogens is 403 g/mol. The maximum Gasteiger partial charge on any atom is 0.344 e. The summed E-state index contributed by atoms with van der Waals surface area (Å²) in [6.45, 7) is 0. The molecule has 0 fully saturated rings. The van der Waals surface area contributed by atoms with Gasteiger partial charge in [-0.15, -0.1) is 25.3 Å². The average molecular weight is 412 g/mol. The Morgan fingerprint density at radius 2 is 1.70 bits per heavy atom. The molecule has 1 aromatic heterocycles. The van der Waals surface area contributed by atoms with E-state index in [9.17, 15) is 4.79 Å². The maximum atomic E-state index is 12.1. The summed E-state index contributed by atoms with van der Waals surface area (Å²) in [4.78, 5) is 13.7. The number of fused-ring (bicyclic) bond motifs is 1. The Hall–Kier alpha value is -0.920. The lowest BCUT2D eigenvalue weighted by Crippen LogP contribution is -2.03. The molecule has 0 atom stereocenters. The van der Waals surface area contributed by atoms with Crippen molar-refractivity contribution < 1.29 is 4.42 Å². The van der Waals surface area contributed by atoms with Gasteiger partial charge in [0.25, 0.3) is 0 Å². The SMILES string of the molecule is O=c1oc2c(S)cc(I)cc2cc1-c1ccc(S)cc1. The molecule has 5 heteroatoms. The van der Waals surface area contributed by atoms with E-state index in [-0.39, 0.29) is 5.63 Å². The van der Waals surface area contributed by atoms with E-state index >= 15 is 0 Å². The van der Waals surface area contributed by atoms with Crippen LogP contribution in [-0.4, -0.2) is 0 Å². The molecule has 100 valence electrons. The molecule has 0 unspecified atom stereocenters. The molecule has 0 aliphatic carbocycles. The summed E-state index contributed by atoms with van der Waals surface area (Å²) >= 11 is 10.8. The standard InChI is InChI=1S/C15H9IO2S2/c16-10-5-9-6-12(8-1-3-11(19)4-2-8)15(17)18-14(9)13(20)7-10/h1-7,19-20H. The van der Waals surface area contributed by atoms with E-state index in [4.69, 9.17) is 4.42 Å². The van der Waals surface area contributed by atoms with Crippen molar-refractivity contribution in [3.05, 3.63) is 56.5 Å². The first-order valence-corrected chi connectivity index (χ1v) is 7.78. The van der Waals surface area contributed by atoms with E-state index in [1.807, 2.05) is 42.5 Å². The highest BCUT2D eigenvalue weighted by Crippen LogP contribution is 2.27. The number of hydrogen-bond acceptors (Lipinski definition) is 4. The highest BCUT2D eigenvalue weighted by molar-refractivity contribution is 14.1. The molecule has 3 rings (SSSR count). The highest BCUT2D eigenvalue weighted by atomic mass is 127. The average Bonchev–Trinajstić information content (AvgIpc) is 2.40. The molecule has 0 amide bonds. The number of benzene rings is 2. The molecule has 0 radical (unpaired) electrons. The Balaban J connectivity index is 2.29. The topological polar surface area (TPSA) is 30.2 Å². The molecule has 0 N–H and O–H groups in total. The molecule has 0 aliphatic rings. The van der Waals surface area contributed by atoms with E-state index < -0.39 is 0 Å². The Labute approximate surface area is 140 Å². The van der Waals surface area contributed by atoms with E-state index in [1.54, 1.807) is 0 Å². The van der Waals surface area contributed by atoms with Crippen molar-refractivity contribution in [3.63, 3.8) is 0 Å². The zero-order valence-corrected chi connectivity index (χ0v) is 14.1. The normalized spacial score (nSPS) is 10.9. The number of halogens is 1. The van der Waals surface area contributed by atoms with Crippen LogP contribution in [0.2, 0.25) is 0 Å². The van der Waals surface area contributed by atoms with Crippen LogP contribution in [0.3, 0.4) is 0 Å². The van der Waals surface area contributed by atoms with Gasteiger partial charge in [0.05, 0.1) is 5.56 Å². The second kappa shape index (κ2) is 5.46. The summed E-state index contributed by atoms with van der Waals surface area (Å²) in [6.07, 6.45) is 0. The van der Waals surface area contributed by atoms with Crippen LogP contribution in [0, 0.1) is 3.57 Å². The van der Waals surface area contributed by atoms with Crippen molar-refractivity contribution in [1.29, 1.82) is 0 Å². The fourth-order valence-corrected chi connectivity index (χ4v) is 3.38. The van der Waals surface area contributed by atoms with Gasteiger partial charge in [0.15, 0.2) is 5.58 Å². The van der Waals surface area contributed by atoms with Crippen LogP contribution < -0.4 is 5.63 Å². The zero-order chi connectivity index (χ0) is 14.3. The summed E-state index contributed by atoms with van der Waals surface area (Å²) in [5.41, 5.74) is 1.52. The van der Waals surface area contributed by atoms with Gasteiger partial charge in [-0.05, 0) is 58.5 Å². The molecule has 1 heterocycles. The van der Waals surface area contributed by atoms with Crippen molar-refractivity contribution in [1.82, 2.24) is 0 Å². The lowest BCUT2D eigenvalue weighted by Gasteiger charge is -2.05. The van der Waals surface area contributed by atoms with E-state index in [0.717, 1.165) is 19.4 Å². The van der Waals surface area contributed by atoms with Gasteiger partial charge < -0.3 is 4.42 Å². The van der Waals surface area contributed by atoms with E-state index in [2.05, 4.69) is 47.8 Å². The minimum Gasteiger partial charge on any atom is -0.421 e. The molecule has 0 aliphatic heterocycles. The van der Waals surface area contributed by atoms with Crippen molar-refractivity contribution in [2.45, 2.75) is 9.79 Å². The second-order valence-corrected chi connectivity index (χ2v) is 6.58. The fourth-order valence-electron chi connectivity index (χ4n) is 2.02. The molecule has 2 aromatic carbocycles. The quantitative estimate of drug-likeness (QED) is 0.347. The van der Waals surface area contributed by atoms with Crippen molar-refractivity contribution in [2.24, 2.45) is 0 Å². The molecule has 0 saturated heterocycles. The summed E-state index contributed by atoms with van der Waals surface area (Å²) < 4.78 is 6.46. The monoisotopic (exact) mass is 412 g/mol. The number of rotatable bonds is 1. The third-order valence-corrected chi connectivity index (χ3v) is 4.21. The lowest BCUT2D eigenvalue weighted by molar-refractivity contribution is 0.557. The van der Waals surface area contributed by atoms with Gasteiger partial charge in [-0.2, -0.15) is 0 Å². The van der Waals surface area contributed by atoms with Gasteiger partial charge in [0.1, 0.15) is 0 Å². The Morgan fingerprint density at radius 1 is 1.00 bits per heavy atom. The lowest BCUT2D eigenvalue weighted by atomic mass is 10.1. The Kier molecular flexibility index (Phi) is 3.83. The minimum absolute atomic E-state index is 0.360. The Morgan fingerprint density at radius 3 is 2.40 bits per heavy atom. The van der Waals surface area contributed by atoms with Crippen LogP contribution in [0.1, 0.15) is 0 Å². The molecule has 0 bridgehead atoms. The smallest absolute Gasteiger partial charge is 0.344 e. The molecule has 0 saturated carbocycles. The summed E-state index contributed by atoms with van der Waals surface area (Å²) in [5.74, 6) is 0. The van der Waals surface area contributed by atoms with Crippen LogP contribution >= 0.6 is 47.8 Å². The summed E-state index contributed by atoms with van der Waals surface area (Å²) in [7, 11) is 0. The largest absolute Gasteiger partial charge is 0.421 e. The first-order chi connectivity index (χ1) is 9.54. The second-order valence-electron chi connectivity index (χ2n) is 4.34. The molecule has 2 nitrogen and oxygen atoms in total. The number of hydrogen-bond donors (Lipinski definition) is 2. The molecule has 0 spiro atoms. The summed E-state index contributed by atoms with van der Waals surface area (Å²) in [6, 6.07) is 13.1. The van der Waals surface area contributed by atoms with Crippen LogP contribution in [0.5, 0.6) is 0 Å². The van der Waals surface area contributed by atoms with E-state index in [0.29, 0.717) is 16.0 Å². The van der Waals surface area contributed by atoms with Gasteiger partial charge in [0, 0.05) is 18.7 Å². The molecule has 3 aromatic rings. The van der Waals surface area contributed by atoms with E-state index in [1.165, 1.54) is 0 Å². The third kappa shape index (κ3) is 2.62. The van der Waals surface area contributed by atoms with Crippen molar-refractivity contribution in [2.75, 3.05) is 0 Å². The first kappa shape index (κ1) is 14.0. The first-order valence-electron chi connectivity index (χ1n) is 5.80. The highest BCUT2D eigenvalue weighted by Gasteiger charge is 2.10. The Bertz CT molecular complexity index is 854. The maximum absolute atomic E-state index is 12.1. The van der Waals surface area contributed by atoms with Gasteiger partial charge in [0.2, 0.25) is 0 Å². The van der Waals surface area contributed by atoms with Crippen LogP contribution in [0.15, 0.2) is 61.5 Å². The molecule has 20 heavy (non-hydrogen) atoms. The zero-order valence-electron chi connectivity index (χ0n) is 10.1. The molecular formula is C15H9IO2S2. The van der Waals surface area contributed by atoms with Gasteiger partial charge in [-0.1, -0.05) is 12.1 Å².